The molecule has 1 saturated carbocycles. The van der Waals surface area contributed by atoms with Gasteiger partial charge in [-0.3, -0.25) is 9.59 Å². The lowest BCUT2D eigenvalue weighted by atomic mass is 9.94. The number of ether oxygens (including phenoxy) is 1. The summed E-state index contributed by atoms with van der Waals surface area (Å²) in [6.07, 6.45) is 2.93. The summed E-state index contributed by atoms with van der Waals surface area (Å²) in [7, 11) is -2.65. The minimum absolute atomic E-state index is 0.0906. The minimum atomic E-state index is -2.65. The number of hydrogen-bond donors (Lipinski definition) is 0. The molecule has 4 rings (SSSR count). The molecule has 2 atom stereocenters. The monoisotopic (exact) mass is 399 g/mol. The summed E-state index contributed by atoms with van der Waals surface area (Å²) >= 11 is 0. The highest BCUT2D eigenvalue weighted by molar-refractivity contribution is 7.93. The number of alkyl halides is 1. The maximum absolute atomic E-state index is 13.2. The van der Waals surface area contributed by atoms with Crippen LogP contribution in [0.1, 0.15) is 19.3 Å². The van der Waals surface area contributed by atoms with Crippen LogP contribution in [0.25, 0.3) is 0 Å². The van der Waals surface area contributed by atoms with E-state index in [0.29, 0.717) is 39.0 Å². The van der Waals surface area contributed by atoms with Crippen LogP contribution >= 0.6 is 0 Å². The molecule has 3 aliphatic rings. The molecule has 1 aliphatic carbocycles. The second-order valence-electron chi connectivity index (χ2n) is 7.41. The van der Waals surface area contributed by atoms with Gasteiger partial charge in [0.25, 0.3) is 5.91 Å². The number of rotatable bonds is 3. The minimum Gasteiger partial charge on any atom is -0.371 e. The molecule has 1 aromatic rings. The predicted molar refractivity (Wildman–Crippen MR) is 92.8 cm³/mol. The number of aromatic nitrogens is 3. The van der Waals surface area contributed by atoms with Crippen molar-refractivity contribution in [3.05, 3.63) is 12.7 Å². The molecule has 3 heterocycles. The normalized spacial score (nSPS) is 35.8. The van der Waals surface area contributed by atoms with Gasteiger partial charge in [-0.2, -0.15) is 9.46 Å². The van der Waals surface area contributed by atoms with Crippen LogP contribution in [0.5, 0.6) is 0 Å². The third-order valence-corrected chi connectivity index (χ3v) is 7.60. The summed E-state index contributed by atoms with van der Waals surface area (Å²) in [6.45, 7) is 1.14. The summed E-state index contributed by atoms with van der Waals surface area (Å²) < 4.78 is 37.3. The average Bonchev–Trinajstić information content (AvgIpc) is 3.14. The van der Waals surface area contributed by atoms with E-state index in [1.165, 1.54) is 17.3 Å². The van der Waals surface area contributed by atoms with Crippen LogP contribution in [0.3, 0.4) is 0 Å². The van der Waals surface area contributed by atoms with Crippen molar-refractivity contribution >= 4 is 21.5 Å². The molecule has 0 radical (unpaired) electrons. The first-order chi connectivity index (χ1) is 12.9. The van der Waals surface area contributed by atoms with Gasteiger partial charge in [0.05, 0.1) is 27.9 Å². The van der Waals surface area contributed by atoms with E-state index in [4.69, 9.17) is 4.74 Å². The fourth-order valence-corrected chi connectivity index (χ4v) is 5.86. The first kappa shape index (κ1) is 18.5. The zero-order chi connectivity index (χ0) is 19.1. The molecule has 27 heavy (non-hydrogen) atoms. The van der Waals surface area contributed by atoms with Crippen molar-refractivity contribution in [2.45, 2.75) is 37.6 Å². The van der Waals surface area contributed by atoms with Gasteiger partial charge < -0.3 is 9.64 Å². The number of carbonyl (C=O) groups excluding carboxylic acids is 2. The van der Waals surface area contributed by atoms with Gasteiger partial charge in [-0.15, -0.1) is 0 Å². The third-order valence-electron chi connectivity index (χ3n) is 5.38. The Labute approximate surface area is 156 Å². The smallest absolute Gasteiger partial charge is 0.275 e. The summed E-state index contributed by atoms with van der Waals surface area (Å²) in [5.74, 6) is -0.660. The summed E-state index contributed by atoms with van der Waals surface area (Å²) in [6, 6.07) is 0. The Morgan fingerprint density at radius 3 is 2.74 bits per heavy atom. The Hall–Kier alpha value is -1.88. The Morgan fingerprint density at radius 1 is 1.37 bits per heavy atom. The van der Waals surface area contributed by atoms with Crippen molar-refractivity contribution < 1.29 is 22.9 Å². The van der Waals surface area contributed by atoms with Crippen LogP contribution in [0.4, 0.5) is 4.39 Å². The molecule has 11 heteroatoms. The number of morpholine rings is 1. The molecule has 3 fully saturated rings. The highest BCUT2D eigenvalue weighted by atomic mass is 32.2. The molecule has 2 aliphatic heterocycles. The standard InChI is InChI=1S/C16H22FN5O4S/c17-13-7-12(13)15(24)21-3-4-26-16(9-21)1-5-27(25,6-2-16)20-14(23)8-22-11-18-10-19-22/h10-13H,1-9H2. The second kappa shape index (κ2) is 6.93. The van der Waals surface area contributed by atoms with E-state index in [0.717, 1.165) is 0 Å². The maximum Gasteiger partial charge on any atom is 0.275 e. The number of nitrogens with zero attached hydrogens (tertiary/aromatic N) is 5. The zero-order valence-electron chi connectivity index (χ0n) is 14.8. The molecule has 9 nitrogen and oxygen atoms in total. The van der Waals surface area contributed by atoms with Gasteiger partial charge in [0.2, 0.25) is 5.91 Å². The topological polar surface area (TPSA) is 107 Å². The van der Waals surface area contributed by atoms with Crippen molar-refractivity contribution in [3.63, 3.8) is 0 Å². The number of amides is 2. The summed E-state index contributed by atoms with van der Waals surface area (Å²) in [4.78, 5) is 29.8. The Bertz CT molecular complexity index is 837. The van der Waals surface area contributed by atoms with E-state index in [1.54, 1.807) is 4.90 Å². The molecule has 0 aromatic carbocycles. The lowest BCUT2D eigenvalue weighted by molar-refractivity contribution is -0.153. The molecule has 0 bridgehead atoms. The van der Waals surface area contributed by atoms with Crippen LogP contribution in [-0.2, 0) is 30.6 Å². The van der Waals surface area contributed by atoms with Crippen LogP contribution in [0, 0.1) is 5.92 Å². The quantitative estimate of drug-likeness (QED) is 0.709. The van der Waals surface area contributed by atoms with Gasteiger partial charge in [-0.05, 0) is 19.3 Å². The SMILES string of the molecule is O=C(Cn1cncn1)N=S1(=O)CCC2(CC1)CN(C(=O)C1CC1F)CCO2. The second-order valence-corrected chi connectivity index (χ2v) is 9.95. The predicted octanol–water partition coefficient (Wildman–Crippen LogP) is 0.0221. The molecule has 2 saturated heterocycles. The zero-order valence-corrected chi connectivity index (χ0v) is 15.6. The van der Waals surface area contributed by atoms with Crippen LogP contribution in [0.2, 0.25) is 0 Å². The van der Waals surface area contributed by atoms with Gasteiger partial charge in [-0.1, -0.05) is 0 Å². The Morgan fingerprint density at radius 2 is 2.11 bits per heavy atom. The first-order valence-electron chi connectivity index (χ1n) is 9.03. The number of hydrogen-bond acceptors (Lipinski definition) is 6. The van der Waals surface area contributed by atoms with Crippen molar-refractivity contribution in [2.24, 2.45) is 10.3 Å². The number of carbonyl (C=O) groups is 2. The fraction of sp³-hybridized carbons (Fsp3) is 0.750. The molecule has 1 spiro atoms. The van der Waals surface area contributed by atoms with Gasteiger partial charge in [-0.25, -0.2) is 18.3 Å². The molecule has 2 unspecified atom stereocenters. The Balaban J connectivity index is 1.38. The lowest BCUT2D eigenvalue weighted by Crippen LogP contribution is -2.57. The summed E-state index contributed by atoms with van der Waals surface area (Å²) in [5.41, 5.74) is -0.569. The largest absolute Gasteiger partial charge is 0.371 e. The van der Waals surface area contributed by atoms with E-state index < -0.39 is 33.3 Å². The van der Waals surface area contributed by atoms with Gasteiger partial charge in [0, 0.05) is 24.6 Å². The molecule has 2 amide bonds. The Kier molecular flexibility index (Phi) is 4.75. The van der Waals surface area contributed by atoms with Crippen LogP contribution in [-0.4, -0.2) is 78.7 Å². The van der Waals surface area contributed by atoms with Crippen molar-refractivity contribution in [1.29, 1.82) is 0 Å². The van der Waals surface area contributed by atoms with E-state index in [1.807, 2.05) is 0 Å². The molecular formula is C16H22FN5O4S. The first-order valence-corrected chi connectivity index (χ1v) is 10.9. The van der Waals surface area contributed by atoms with Gasteiger partial charge in [0.15, 0.2) is 0 Å². The molecule has 0 N–H and O–H groups in total. The van der Waals surface area contributed by atoms with E-state index in [2.05, 4.69) is 14.4 Å². The van der Waals surface area contributed by atoms with Crippen LogP contribution < -0.4 is 0 Å². The molecular weight excluding hydrogens is 377 g/mol. The third kappa shape index (κ3) is 4.03. The average molecular weight is 399 g/mol. The fourth-order valence-electron chi connectivity index (χ4n) is 3.67. The molecule has 1 aromatic heterocycles. The van der Waals surface area contributed by atoms with E-state index in [-0.39, 0.29) is 24.0 Å². The van der Waals surface area contributed by atoms with E-state index in [9.17, 15) is 18.2 Å². The number of halogens is 1. The highest BCUT2D eigenvalue weighted by Gasteiger charge is 2.49. The van der Waals surface area contributed by atoms with Gasteiger partial charge in [0.1, 0.15) is 25.4 Å². The van der Waals surface area contributed by atoms with Crippen LogP contribution in [0.15, 0.2) is 17.0 Å². The van der Waals surface area contributed by atoms with E-state index >= 15 is 0 Å². The maximum atomic E-state index is 13.2. The lowest BCUT2D eigenvalue weighted by Gasteiger charge is -2.45. The van der Waals surface area contributed by atoms with Crippen molar-refractivity contribution in [3.8, 4) is 0 Å². The van der Waals surface area contributed by atoms with Crippen molar-refractivity contribution in [1.82, 2.24) is 19.7 Å². The molecule has 148 valence electrons. The van der Waals surface area contributed by atoms with Crippen molar-refractivity contribution in [2.75, 3.05) is 31.2 Å². The van der Waals surface area contributed by atoms with Gasteiger partial charge >= 0.3 is 0 Å². The highest BCUT2D eigenvalue weighted by Crippen LogP contribution is 2.38. The summed E-state index contributed by atoms with van der Waals surface area (Å²) in [5, 5.41) is 3.84.